The Labute approximate surface area is 286 Å². The van der Waals surface area contributed by atoms with E-state index in [4.69, 9.17) is 24.7 Å². The maximum Gasteiger partial charge on any atom is 0.330 e. The van der Waals surface area contributed by atoms with Gasteiger partial charge in [-0.3, -0.25) is 4.79 Å². The lowest BCUT2D eigenvalue weighted by Crippen LogP contribution is -2.61. The van der Waals surface area contributed by atoms with E-state index in [1.807, 2.05) is 19.1 Å². The number of carboxylic acids is 1. The number of carboxylic acid groups (broad SMARTS) is 1. The average molecular weight is 696 g/mol. The second-order valence-corrected chi connectivity index (χ2v) is 13.1. The highest BCUT2D eigenvalue weighted by Gasteiger charge is 2.50. The van der Waals surface area contributed by atoms with Gasteiger partial charge in [-0.2, -0.15) is 0 Å². The summed E-state index contributed by atoms with van der Waals surface area (Å²) in [6.45, 7) is 5.32. The SMILES string of the molecule is CCC1\C=C/C=C\C=C/C=C\C(OC2OC(C)C(O)C(N)C2O)CC2OC(O)(CC(O)CC(O)C/C=C\C(=O)OC1C)CC(O)C2C(=O)O. The molecular weight excluding hydrogens is 642 g/mol. The van der Waals surface area contributed by atoms with E-state index in [1.165, 1.54) is 12.2 Å². The van der Waals surface area contributed by atoms with Crippen LogP contribution in [0.4, 0.5) is 0 Å². The standard InChI is InChI=1S/C35H53NO13/c1-4-22-12-9-7-5-6-8-10-14-25(48-34-32(42)30(36)31(41)21(3)47-34)17-27-29(33(43)44)26(39)19-35(45,49-27)18-24(38)16-23(37)13-11-15-28(40)46-20(22)2/h5-12,14-15,20-27,29-32,34,37-39,41-42,45H,4,13,16-19,36H2,1-3H3,(H,43,44)/b7-5-,8-6-,12-9-,14-10-,15-11-. The zero-order chi connectivity index (χ0) is 36.3. The minimum absolute atomic E-state index is 0.00132. The number of aliphatic hydroxyl groups excluding tert-OH is 5. The molecule has 3 heterocycles. The molecule has 0 aromatic rings. The molecule has 0 amide bonds. The number of allylic oxidation sites excluding steroid dienone is 6. The molecule has 2 fully saturated rings. The number of aliphatic hydroxyl groups is 6. The van der Waals surface area contributed by atoms with Crippen molar-refractivity contribution in [3.63, 3.8) is 0 Å². The van der Waals surface area contributed by atoms with E-state index in [1.54, 1.807) is 50.3 Å². The maximum atomic E-state index is 12.3. The van der Waals surface area contributed by atoms with E-state index in [0.717, 1.165) is 6.42 Å². The number of fused-ring (bicyclic) bond motifs is 2. The summed E-state index contributed by atoms with van der Waals surface area (Å²) in [6, 6.07) is -1.09. The number of carbonyl (C=O) groups is 2. The number of rotatable bonds is 4. The molecule has 14 unspecified atom stereocenters. The van der Waals surface area contributed by atoms with Gasteiger partial charge >= 0.3 is 11.9 Å². The molecule has 276 valence electrons. The number of esters is 1. The number of hydrogen-bond acceptors (Lipinski definition) is 13. The van der Waals surface area contributed by atoms with Crippen LogP contribution in [0.2, 0.25) is 0 Å². The molecule has 3 rings (SSSR count). The molecule has 0 spiro atoms. The molecule has 3 aliphatic heterocycles. The third kappa shape index (κ3) is 12.2. The molecule has 2 saturated heterocycles. The molecule has 0 aliphatic carbocycles. The second-order valence-electron chi connectivity index (χ2n) is 13.1. The van der Waals surface area contributed by atoms with E-state index in [0.29, 0.717) is 0 Å². The molecule has 0 saturated carbocycles. The average Bonchev–Trinajstić information content (AvgIpc) is 3.00. The van der Waals surface area contributed by atoms with Crippen LogP contribution in [0.15, 0.2) is 60.8 Å². The van der Waals surface area contributed by atoms with Crippen LogP contribution in [0.25, 0.3) is 0 Å². The highest BCUT2D eigenvalue weighted by molar-refractivity contribution is 5.82. The zero-order valence-electron chi connectivity index (χ0n) is 28.2. The van der Waals surface area contributed by atoms with Crippen LogP contribution in [0.3, 0.4) is 0 Å². The Morgan fingerprint density at radius 1 is 0.939 bits per heavy atom. The van der Waals surface area contributed by atoms with Crippen LogP contribution in [0, 0.1) is 11.8 Å². The van der Waals surface area contributed by atoms with Crippen molar-refractivity contribution < 1.29 is 64.3 Å². The van der Waals surface area contributed by atoms with Crippen LogP contribution in [0.5, 0.6) is 0 Å². The van der Waals surface area contributed by atoms with Crippen LogP contribution >= 0.6 is 0 Å². The van der Waals surface area contributed by atoms with Crippen molar-refractivity contribution in [2.24, 2.45) is 17.6 Å². The minimum atomic E-state index is -2.18. The molecule has 0 aromatic heterocycles. The van der Waals surface area contributed by atoms with Gasteiger partial charge in [-0.15, -0.1) is 0 Å². The highest BCUT2D eigenvalue weighted by atomic mass is 16.7. The number of ether oxygens (including phenoxy) is 4. The fourth-order valence-electron chi connectivity index (χ4n) is 6.29. The number of cyclic esters (lactones) is 1. The lowest BCUT2D eigenvalue weighted by atomic mass is 9.83. The van der Waals surface area contributed by atoms with Crippen molar-refractivity contribution >= 4 is 11.9 Å². The third-order valence-corrected chi connectivity index (χ3v) is 9.05. The van der Waals surface area contributed by atoms with Gasteiger partial charge in [-0.25, -0.2) is 4.79 Å². The van der Waals surface area contributed by atoms with Gasteiger partial charge in [0.2, 0.25) is 0 Å². The maximum absolute atomic E-state index is 12.3. The Kier molecular flexibility index (Phi) is 15.8. The number of carbonyl (C=O) groups excluding carboxylic acids is 1. The van der Waals surface area contributed by atoms with Gasteiger partial charge < -0.3 is 60.4 Å². The minimum Gasteiger partial charge on any atom is -0.481 e. The molecule has 2 bridgehead atoms. The zero-order valence-corrected chi connectivity index (χ0v) is 28.2. The Bertz CT molecular complexity index is 1220. The van der Waals surface area contributed by atoms with Crippen LogP contribution in [-0.2, 0) is 28.5 Å². The Morgan fingerprint density at radius 3 is 2.24 bits per heavy atom. The Balaban J connectivity index is 1.93. The summed E-state index contributed by atoms with van der Waals surface area (Å²) in [5.41, 5.74) is 5.98. The normalized spacial score (nSPS) is 45.2. The first-order valence-electron chi connectivity index (χ1n) is 16.8. The fraction of sp³-hybridized carbons (Fsp3) is 0.657. The number of hydrogen-bond donors (Lipinski definition) is 8. The summed E-state index contributed by atoms with van der Waals surface area (Å²) in [4.78, 5) is 24.6. The number of aliphatic carboxylic acids is 1. The molecular formula is C35H53NO13. The summed E-state index contributed by atoms with van der Waals surface area (Å²) in [5, 5.41) is 74.4. The predicted octanol–water partition coefficient (Wildman–Crippen LogP) is 0.739. The van der Waals surface area contributed by atoms with Gasteiger partial charge in [-0.1, -0.05) is 61.6 Å². The lowest BCUT2D eigenvalue weighted by molar-refractivity contribution is -0.308. The molecule has 14 heteroatoms. The van der Waals surface area contributed by atoms with Gasteiger partial charge in [0.25, 0.3) is 0 Å². The summed E-state index contributed by atoms with van der Waals surface area (Å²) in [7, 11) is 0. The van der Waals surface area contributed by atoms with Crippen LogP contribution in [-0.4, -0.2) is 121 Å². The molecule has 14 nitrogen and oxygen atoms in total. The third-order valence-electron chi connectivity index (χ3n) is 9.05. The van der Waals surface area contributed by atoms with Crippen molar-refractivity contribution in [2.45, 2.75) is 132 Å². The van der Waals surface area contributed by atoms with Crippen molar-refractivity contribution in [3.05, 3.63) is 60.8 Å². The van der Waals surface area contributed by atoms with Crippen molar-refractivity contribution in [1.29, 1.82) is 0 Å². The summed E-state index contributed by atoms with van der Waals surface area (Å²) in [5.74, 6) is -5.69. The first kappa shape index (κ1) is 40.7. The smallest absolute Gasteiger partial charge is 0.330 e. The number of nitrogens with two attached hydrogens (primary N) is 1. The van der Waals surface area contributed by atoms with Crippen molar-refractivity contribution in [3.8, 4) is 0 Å². The predicted molar refractivity (Wildman–Crippen MR) is 176 cm³/mol. The Hall–Kier alpha value is -2.76. The van der Waals surface area contributed by atoms with Crippen LogP contribution in [0.1, 0.15) is 59.3 Å². The van der Waals surface area contributed by atoms with Crippen molar-refractivity contribution in [1.82, 2.24) is 0 Å². The summed E-state index contributed by atoms with van der Waals surface area (Å²) < 4.78 is 23.1. The summed E-state index contributed by atoms with van der Waals surface area (Å²) >= 11 is 0. The first-order valence-corrected chi connectivity index (χ1v) is 16.8. The quantitative estimate of drug-likeness (QED) is 0.189. The van der Waals surface area contributed by atoms with Gasteiger partial charge in [0.15, 0.2) is 12.1 Å². The second kappa shape index (κ2) is 19.0. The van der Waals surface area contributed by atoms with E-state index in [2.05, 4.69) is 0 Å². The van der Waals surface area contributed by atoms with E-state index in [9.17, 15) is 45.3 Å². The molecule has 0 radical (unpaired) electrons. The Morgan fingerprint density at radius 2 is 1.59 bits per heavy atom. The van der Waals surface area contributed by atoms with E-state index < -0.39 is 104 Å². The monoisotopic (exact) mass is 695 g/mol. The molecule has 3 aliphatic rings. The van der Waals surface area contributed by atoms with Gasteiger partial charge in [0.05, 0.1) is 48.8 Å². The fourth-order valence-corrected chi connectivity index (χ4v) is 6.29. The van der Waals surface area contributed by atoms with Gasteiger partial charge in [0, 0.05) is 31.3 Å². The molecule has 0 aromatic carbocycles. The van der Waals surface area contributed by atoms with Gasteiger partial charge in [0.1, 0.15) is 18.1 Å². The molecule has 14 atom stereocenters. The summed E-state index contributed by atoms with van der Waals surface area (Å²) in [6.07, 6.45) is 4.26. The highest BCUT2D eigenvalue weighted by Crippen LogP contribution is 2.38. The topological polar surface area (TPSA) is 239 Å². The lowest BCUT2D eigenvalue weighted by Gasteiger charge is -2.45. The van der Waals surface area contributed by atoms with Gasteiger partial charge in [-0.05, 0) is 33.1 Å². The molecule has 49 heavy (non-hydrogen) atoms. The molecule has 9 N–H and O–H groups in total. The van der Waals surface area contributed by atoms with E-state index in [-0.39, 0.29) is 25.2 Å². The first-order chi connectivity index (χ1) is 23.1. The van der Waals surface area contributed by atoms with Crippen LogP contribution < -0.4 is 5.73 Å². The largest absolute Gasteiger partial charge is 0.481 e. The van der Waals surface area contributed by atoms with E-state index >= 15 is 0 Å². The van der Waals surface area contributed by atoms with Crippen molar-refractivity contribution in [2.75, 3.05) is 0 Å².